The molecule has 0 aliphatic carbocycles. The minimum Gasteiger partial charge on any atom is -0.478 e. The minimum absolute atomic E-state index is 0.160. The fourth-order valence-electron chi connectivity index (χ4n) is 2.51. The van der Waals surface area contributed by atoms with Gasteiger partial charge in [-0.2, -0.15) is 0 Å². The Hall–Kier alpha value is -1.33. The molecule has 1 fully saturated rings. The van der Waals surface area contributed by atoms with Crippen molar-refractivity contribution in [2.45, 2.75) is 19.3 Å². The quantitative estimate of drug-likeness (QED) is 0.828. The van der Waals surface area contributed by atoms with Gasteiger partial charge in [0.15, 0.2) is 0 Å². The molecule has 2 N–H and O–H groups in total. The van der Waals surface area contributed by atoms with Crippen molar-refractivity contribution in [1.82, 2.24) is 4.98 Å². The molecule has 1 saturated heterocycles. The van der Waals surface area contributed by atoms with Crippen LogP contribution in [0.3, 0.4) is 0 Å². The number of hydrogen-bond acceptors (Lipinski definition) is 4. The number of aliphatic hydroxyl groups excluding tert-OH is 1. The number of aromatic carboxylic acids is 1. The lowest BCUT2D eigenvalue weighted by Gasteiger charge is -2.34. The van der Waals surface area contributed by atoms with Gasteiger partial charge in [0.2, 0.25) is 0 Å². The van der Waals surface area contributed by atoms with E-state index in [1.807, 2.05) is 4.90 Å². The van der Waals surface area contributed by atoms with Crippen LogP contribution in [0.1, 0.15) is 29.6 Å². The average molecular weight is 285 g/mol. The predicted molar refractivity (Wildman–Crippen MR) is 72.8 cm³/mol. The summed E-state index contributed by atoms with van der Waals surface area (Å²) in [6.07, 6.45) is 2.76. The monoisotopic (exact) mass is 284 g/mol. The van der Waals surface area contributed by atoms with E-state index in [1.54, 1.807) is 0 Å². The third-order valence-corrected chi connectivity index (χ3v) is 3.64. The smallest absolute Gasteiger partial charge is 0.339 e. The number of carboxylic acids is 1. The summed E-state index contributed by atoms with van der Waals surface area (Å²) in [6.45, 7) is 1.65. The molecule has 1 aliphatic heterocycles. The van der Waals surface area contributed by atoms with Crippen LogP contribution in [0.5, 0.6) is 0 Å². The second kappa shape index (κ2) is 6.21. The van der Waals surface area contributed by atoms with E-state index >= 15 is 0 Å². The van der Waals surface area contributed by atoms with Gasteiger partial charge in [-0.1, -0.05) is 11.6 Å². The predicted octanol–water partition coefficient (Wildman–Crippen LogP) is 2.03. The van der Waals surface area contributed by atoms with Gasteiger partial charge in [-0.25, -0.2) is 9.78 Å². The van der Waals surface area contributed by atoms with Crippen LogP contribution in [0.4, 0.5) is 5.82 Å². The number of rotatable bonds is 4. The van der Waals surface area contributed by atoms with Crippen LogP contribution >= 0.6 is 11.6 Å². The molecular formula is C13H17ClN2O3. The van der Waals surface area contributed by atoms with Crippen LogP contribution in [0.15, 0.2) is 12.1 Å². The molecule has 2 heterocycles. The summed E-state index contributed by atoms with van der Waals surface area (Å²) in [7, 11) is 0. The lowest BCUT2D eigenvalue weighted by atomic mass is 9.95. The number of halogens is 1. The molecule has 0 saturated carbocycles. The van der Waals surface area contributed by atoms with Gasteiger partial charge in [-0.3, -0.25) is 0 Å². The van der Waals surface area contributed by atoms with E-state index in [9.17, 15) is 9.90 Å². The maximum absolute atomic E-state index is 11.2. The van der Waals surface area contributed by atoms with E-state index in [4.69, 9.17) is 16.7 Å². The fraction of sp³-hybridized carbons (Fsp3) is 0.538. The zero-order valence-electron chi connectivity index (χ0n) is 10.5. The molecule has 104 valence electrons. The normalized spacial score (nSPS) is 19.5. The maximum Gasteiger partial charge on any atom is 0.339 e. The first kappa shape index (κ1) is 14.1. The maximum atomic E-state index is 11.2. The minimum atomic E-state index is -0.997. The van der Waals surface area contributed by atoms with Gasteiger partial charge in [0.25, 0.3) is 0 Å². The number of aliphatic hydroxyl groups is 1. The second-order valence-corrected chi connectivity index (χ2v) is 5.16. The van der Waals surface area contributed by atoms with E-state index in [-0.39, 0.29) is 12.2 Å². The van der Waals surface area contributed by atoms with Crippen molar-refractivity contribution in [3.63, 3.8) is 0 Å². The van der Waals surface area contributed by atoms with Crippen LogP contribution in [-0.4, -0.2) is 40.9 Å². The van der Waals surface area contributed by atoms with Gasteiger partial charge in [-0.15, -0.1) is 0 Å². The summed E-state index contributed by atoms with van der Waals surface area (Å²) in [5.41, 5.74) is 0.175. The SMILES string of the molecule is O=C(O)c1ccc(Cl)nc1N1CCCC(CCO)C1. The number of nitrogens with zero attached hydrogens (tertiary/aromatic N) is 2. The second-order valence-electron chi connectivity index (χ2n) is 4.78. The van der Waals surface area contributed by atoms with Crippen LogP contribution in [0.25, 0.3) is 0 Å². The highest BCUT2D eigenvalue weighted by Crippen LogP contribution is 2.27. The summed E-state index contributed by atoms with van der Waals surface area (Å²) >= 11 is 5.87. The van der Waals surface area contributed by atoms with Crippen molar-refractivity contribution < 1.29 is 15.0 Å². The van der Waals surface area contributed by atoms with E-state index in [1.165, 1.54) is 12.1 Å². The number of anilines is 1. The van der Waals surface area contributed by atoms with Gasteiger partial charge < -0.3 is 15.1 Å². The highest BCUT2D eigenvalue weighted by Gasteiger charge is 2.24. The van der Waals surface area contributed by atoms with Crippen molar-refractivity contribution in [2.75, 3.05) is 24.6 Å². The Morgan fingerprint density at radius 2 is 2.32 bits per heavy atom. The molecule has 5 nitrogen and oxygen atoms in total. The van der Waals surface area contributed by atoms with Crippen LogP contribution in [0, 0.1) is 5.92 Å². The molecule has 1 aromatic rings. The Balaban J connectivity index is 2.24. The van der Waals surface area contributed by atoms with Crippen LogP contribution in [-0.2, 0) is 0 Å². The first-order valence-corrected chi connectivity index (χ1v) is 6.75. The molecule has 19 heavy (non-hydrogen) atoms. The summed E-state index contributed by atoms with van der Waals surface area (Å²) in [6, 6.07) is 2.98. The number of pyridine rings is 1. The van der Waals surface area contributed by atoms with Crippen molar-refractivity contribution in [2.24, 2.45) is 5.92 Å². The summed E-state index contributed by atoms with van der Waals surface area (Å²) in [5, 5.41) is 18.5. The lowest BCUT2D eigenvalue weighted by molar-refractivity contribution is 0.0697. The molecule has 1 aliphatic rings. The topological polar surface area (TPSA) is 73.7 Å². The number of piperidine rings is 1. The third-order valence-electron chi connectivity index (χ3n) is 3.43. The molecule has 2 rings (SSSR count). The van der Waals surface area contributed by atoms with Crippen molar-refractivity contribution in [3.8, 4) is 0 Å². The van der Waals surface area contributed by atoms with Crippen molar-refractivity contribution in [3.05, 3.63) is 22.8 Å². The van der Waals surface area contributed by atoms with Crippen LogP contribution in [0.2, 0.25) is 5.15 Å². The average Bonchev–Trinajstić information content (AvgIpc) is 2.39. The fourth-order valence-corrected chi connectivity index (χ4v) is 2.65. The standard InChI is InChI=1S/C13H17ClN2O3/c14-11-4-3-10(13(18)19)12(15-11)16-6-1-2-9(8-16)5-7-17/h3-4,9,17H,1-2,5-8H2,(H,18,19). The zero-order valence-corrected chi connectivity index (χ0v) is 11.3. The molecule has 0 bridgehead atoms. The van der Waals surface area contributed by atoms with Gasteiger partial charge in [0.05, 0.1) is 0 Å². The molecule has 1 unspecified atom stereocenters. The highest BCUT2D eigenvalue weighted by atomic mass is 35.5. The molecule has 1 atom stereocenters. The highest BCUT2D eigenvalue weighted by molar-refractivity contribution is 6.29. The number of carbonyl (C=O) groups is 1. The zero-order chi connectivity index (χ0) is 13.8. The Bertz CT molecular complexity index is 465. The summed E-state index contributed by atoms with van der Waals surface area (Å²) < 4.78 is 0. The Morgan fingerprint density at radius 1 is 1.53 bits per heavy atom. The van der Waals surface area contributed by atoms with Gasteiger partial charge in [0.1, 0.15) is 16.5 Å². The van der Waals surface area contributed by atoms with Gasteiger partial charge >= 0.3 is 5.97 Å². The van der Waals surface area contributed by atoms with Gasteiger partial charge in [0, 0.05) is 19.7 Å². The van der Waals surface area contributed by atoms with Gasteiger partial charge in [-0.05, 0) is 37.3 Å². The van der Waals surface area contributed by atoms with E-state index in [2.05, 4.69) is 4.98 Å². The van der Waals surface area contributed by atoms with E-state index in [0.717, 1.165) is 25.8 Å². The molecule has 6 heteroatoms. The third kappa shape index (κ3) is 3.36. The Labute approximate surface area is 116 Å². The lowest BCUT2D eigenvalue weighted by Crippen LogP contribution is -2.37. The molecule has 0 radical (unpaired) electrons. The first-order chi connectivity index (χ1) is 9.11. The largest absolute Gasteiger partial charge is 0.478 e. The summed E-state index contributed by atoms with van der Waals surface area (Å²) in [5.74, 6) is -0.188. The molecule has 0 aromatic carbocycles. The van der Waals surface area contributed by atoms with Crippen molar-refractivity contribution in [1.29, 1.82) is 0 Å². The van der Waals surface area contributed by atoms with Crippen molar-refractivity contribution >= 4 is 23.4 Å². The molecule has 0 spiro atoms. The number of aromatic nitrogens is 1. The summed E-state index contributed by atoms with van der Waals surface area (Å²) in [4.78, 5) is 17.4. The van der Waals surface area contributed by atoms with E-state index in [0.29, 0.717) is 23.4 Å². The number of hydrogen-bond donors (Lipinski definition) is 2. The molecule has 1 aromatic heterocycles. The van der Waals surface area contributed by atoms with E-state index < -0.39 is 5.97 Å². The molecular weight excluding hydrogens is 268 g/mol. The number of carboxylic acid groups (broad SMARTS) is 1. The Morgan fingerprint density at radius 3 is 3.00 bits per heavy atom. The Kier molecular flexibility index (Phi) is 4.61. The molecule has 0 amide bonds. The first-order valence-electron chi connectivity index (χ1n) is 6.37. The van der Waals surface area contributed by atoms with Crippen LogP contribution < -0.4 is 4.90 Å².